The monoisotopic (exact) mass is 340 g/mol. The molecule has 0 radical (unpaired) electrons. The van der Waals surface area contributed by atoms with Crippen molar-refractivity contribution in [3.63, 3.8) is 0 Å². The number of rotatable bonds is 1. The van der Waals surface area contributed by atoms with Crippen molar-refractivity contribution < 1.29 is 0 Å². The molecule has 0 spiro atoms. The highest BCUT2D eigenvalue weighted by molar-refractivity contribution is 9.10. The molecule has 90 valence electrons. The van der Waals surface area contributed by atoms with Crippen molar-refractivity contribution in [2.24, 2.45) is 0 Å². The van der Waals surface area contributed by atoms with E-state index in [0.29, 0.717) is 10.0 Å². The first-order valence-corrected chi connectivity index (χ1v) is 6.79. The van der Waals surface area contributed by atoms with Crippen molar-refractivity contribution in [1.29, 1.82) is 0 Å². The Balaban J connectivity index is 2.22. The van der Waals surface area contributed by atoms with Crippen molar-refractivity contribution in [3.05, 3.63) is 57.2 Å². The molecule has 0 N–H and O–H groups in total. The zero-order valence-electron chi connectivity index (χ0n) is 9.07. The van der Waals surface area contributed by atoms with Gasteiger partial charge in [0.25, 0.3) is 0 Å². The summed E-state index contributed by atoms with van der Waals surface area (Å²) >= 11 is 15.6. The summed E-state index contributed by atoms with van der Waals surface area (Å²) in [5, 5.41) is 1.06. The van der Waals surface area contributed by atoms with Gasteiger partial charge in [-0.1, -0.05) is 51.3 Å². The van der Waals surface area contributed by atoms with E-state index in [2.05, 4.69) is 20.9 Å². The molecular formula is C13H7BrCl2N2. The normalized spacial score (nSPS) is 11.1. The molecule has 0 saturated heterocycles. The van der Waals surface area contributed by atoms with Gasteiger partial charge in [-0.3, -0.25) is 0 Å². The highest BCUT2D eigenvalue weighted by atomic mass is 79.9. The van der Waals surface area contributed by atoms with Crippen LogP contribution in [0.2, 0.25) is 10.0 Å². The zero-order chi connectivity index (χ0) is 12.7. The van der Waals surface area contributed by atoms with Crippen LogP contribution in [0.4, 0.5) is 0 Å². The average Bonchev–Trinajstić information content (AvgIpc) is 2.75. The Kier molecular flexibility index (Phi) is 3.06. The highest BCUT2D eigenvalue weighted by Gasteiger charge is 2.10. The summed E-state index contributed by atoms with van der Waals surface area (Å²) in [6, 6.07) is 9.44. The summed E-state index contributed by atoms with van der Waals surface area (Å²) in [7, 11) is 0. The zero-order valence-corrected chi connectivity index (χ0v) is 12.2. The Morgan fingerprint density at radius 2 is 2.00 bits per heavy atom. The fourth-order valence-electron chi connectivity index (χ4n) is 1.79. The SMILES string of the molecule is Clc1cccc(-c2cn3ccc(Br)cc3n2)c1Cl. The van der Waals surface area contributed by atoms with Gasteiger partial charge in [0.1, 0.15) is 5.65 Å². The first kappa shape index (κ1) is 12.0. The molecule has 0 atom stereocenters. The van der Waals surface area contributed by atoms with Gasteiger partial charge in [0.2, 0.25) is 0 Å². The van der Waals surface area contributed by atoms with Crippen LogP contribution >= 0.6 is 39.1 Å². The van der Waals surface area contributed by atoms with Crippen LogP contribution in [-0.4, -0.2) is 9.38 Å². The number of hydrogen-bond donors (Lipinski definition) is 0. The smallest absolute Gasteiger partial charge is 0.138 e. The molecular weight excluding hydrogens is 335 g/mol. The van der Waals surface area contributed by atoms with Crippen LogP contribution in [0, 0.1) is 0 Å². The van der Waals surface area contributed by atoms with Crippen LogP contribution in [-0.2, 0) is 0 Å². The standard InChI is InChI=1S/C13H7BrCl2N2/c14-8-4-5-18-7-11(17-12(18)6-8)9-2-1-3-10(15)13(9)16/h1-7H. The van der Waals surface area contributed by atoms with Crippen molar-refractivity contribution in [2.75, 3.05) is 0 Å². The lowest BCUT2D eigenvalue weighted by Gasteiger charge is -2.01. The molecule has 0 unspecified atom stereocenters. The summed E-state index contributed by atoms with van der Waals surface area (Å²) < 4.78 is 2.93. The molecule has 0 amide bonds. The Labute approximate surface area is 122 Å². The number of hydrogen-bond acceptors (Lipinski definition) is 1. The number of fused-ring (bicyclic) bond motifs is 1. The number of pyridine rings is 1. The van der Waals surface area contributed by atoms with Crippen molar-refractivity contribution >= 4 is 44.8 Å². The van der Waals surface area contributed by atoms with Crippen LogP contribution in [0.1, 0.15) is 0 Å². The maximum absolute atomic E-state index is 6.20. The third-order valence-corrected chi connectivity index (χ3v) is 3.96. The van der Waals surface area contributed by atoms with Gasteiger partial charge in [-0.25, -0.2) is 4.98 Å². The molecule has 0 saturated carbocycles. The van der Waals surface area contributed by atoms with E-state index in [1.165, 1.54) is 0 Å². The van der Waals surface area contributed by atoms with E-state index in [9.17, 15) is 0 Å². The summed E-state index contributed by atoms with van der Waals surface area (Å²) in [5.74, 6) is 0. The number of nitrogens with zero attached hydrogens (tertiary/aromatic N) is 2. The van der Waals surface area contributed by atoms with E-state index in [0.717, 1.165) is 21.4 Å². The lowest BCUT2D eigenvalue weighted by Crippen LogP contribution is -1.79. The summed E-state index contributed by atoms with van der Waals surface area (Å²) in [6.07, 6.45) is 3.87. The lowest BCUT2D eigenvalue weighted by atomic mass is 10.2. The van der Waals surface area contributed by atoms with Crippen LogP contribution in [0.15, 0.2) is 47.2 Å². The average molecular weight is 342 g/mol. The largest absolute Gasteiger partial charge is 0.306 e. The molecule has 0 fully saturated rings. The Hall–Kier alpha value is -1.03. The Morgan fingerprint density at radius 1 is 1.17 bits per heavy atom. The predicted molar refractivity (Wildman–Crippen MR) is 78.3 cm³/mol. The van der Waals surface area contributed by atoms with Crippen LogP contribution in [0.5, 0.6) is 0 Å². The Morgan fingerprint density at radius 3 is 2.83 bits per heavy atom. The molecule has 3 aromatic rings. The molecule has 0 aliphatic heterocycles. The van der Waals surface area contributed by atoms with E-state index in [-0.39, 0.29) is 0 Å². The molecule has 0 bridgehead atoms. The van der Waals surface area contributed by atoms with Gasteiger partial charge < -0.3 is 4.40 Å². The minimum atomic E-state index is 0.529. The second-order valence-corrected chi connectivity index (χ2v) is 5.54. The topological polar surface area (TPSA) is 17.3 Å². The molecule has 0 aliphatic carbocycles. The molecule has 2 heterocycles. The van der Waals surface area contributed by atoms with Gasteiger partial charge in [-0.2, -0.15) is 0 Å². The van der Waals surface area contributed by atoms with Gasteiger partial charge in [0.05, 0.1) is 15.7 Å². The first-order valence-electron chi connectivity index (χ1n) is 5.24. The van der Waals surface area contributed by atoms with Crippen LogP contribution < -0.4 is 0 Å². The molecule has 0 aliphatic rings. The van der Waals surface area contributed by atoms with E-state index in [1.807, 2.05) is 41.1 Å². The minimum Gasteiger partial charge on any atom is -0.306 e. The quantitative estimate of drug-likeness (QED) is 0.604. The maximum Gasteiger partial charge on any atom is 0.138 e. The first-order chi connectivity index (χ1) is 8.65. The second kappa shape index (κ2) is 4.57. The third-order valence-electron chi connectivity index (χ3n) is 2.65. The van der Waals surface area contributed by atoms with E-state index in [1.54, 1.807) is 6.07 Å². The van der Waals surface area contributed by atoms with Gasteiger partial charge >= 0.3 is 0 Å². The minimum absolute atomic E-state index is 0.529. The van der Waals surface area contributed by atoms with Crippen molar-refractivity contribution in [1.82, 2.24) is 9.38 Å². The molecule has 2 nitrogen and oxygen atoms in total. The highest BCUT2D eigenvalue weighted by Crippen LogP contribution is 2.33. The number of benzene rings is 1. The second-order valence-electron chi connectivity index (χ2n) is 3.84. The fraction of sp³-hybridized carbons (Fsp3) is 0. The Bertz CT molecular complexity index is 737. The fourth-order valence-corrected chi connectivity index (χ4v) is 2.51. The van der Waals surface area contributed by atoms with E-state index >= 15 is 0 Å². The summed E-state index contributed by atoms with van der Waals surface area (Å²) in [5.41, 5.74) is 2.50. The lowest BCUT2D eigenvalue weighted by molar-refractivity contribution is 1.18. The summed E-state index contributed by atoms with van der Waals surface area (Å²) in [4.78, 5) is 4.54. The van der Waals surface area contributed by atoms with E-state index in [4.69, 9.17) is 23.2 Å². The van der Waals surface area contributed by atoms with Crippen LogP contribution in [0.25, 0.3) is 16.9 Å². The molecule has 1 aromatic carbocycles. The van der Waals surface area contributed by atoms with Gasteiger partial charge in [-0.15, -0.1) is 0 Å². The summed E-state index contributed by atoms with van der Waals surface area (Å²) in [6.45, 7) is 0. The van der Waals surface area contributed by atoms with Gasteiger partial charge in [0.15, 0.2) is 0 Å². The van der Waals surface area contributed by atoms with E-state index < -0.39 is 0 Å². The number of imidazole rings is 1. The van der Waals surface area contributed by atoms with Gasteiger partial charge in [0, 0.05) is 22.4 Å². The molecule has 18 heavy (non-hydrogen) atoms. The van der Waals surface area contributed by atoms with Crippen LogP contribution in [0.3, 0.4) is 0 Å². The number of aromatic nitrogens is 2. The number of halogens is 3. The third kappa shape index (κ3) is 2.03. The van der Waals surface area contributed by atoms with Crippen molar-refractivity contribution in [2.45, 2.75) is 0 Å². The van der Waals surface area contributed by atoms with Gasteiger partial charge in [-0.05, 0) is 18.2 Å². The van der Waals surface area contributed by atoms with Crippen molar-refractivity contribution in [3.8, 4) is 11.3 Å². The molecule has 5 heteroatoms. The maximum atomic E-state index is 6.20. The molecule has 2 aromatic heterocycles. The molecule has 3 rings (SSSR count). The predicted octanol–water partition coefficient (Wildman–Crippen LogP) is 5.07.